The highest BCUT2D eigenvalue weighted by atomic mass is 32.2. The molecule has 0 saturated heterocycles. The molecule has 1 aromatic carbocycles. The van der Waals surface area contributed by atoms with Gasteiger partial charge in [0.05, 0.1) is 5.92 Å². The van der Waals surface area contributed by atoms with E-state index >= 15 is 0 Å². The van der Waals surface area contributed by atoms with Crippen molar-refractivity contribution < 1.29 is 19.4 Å². The average molecular weight is 297 g/mol. The molecule has 0 aliphatic carbocycles. The third-order valence-corrected chi connectivity index (χ3v) is 3.12. The molecule has 1 amide bonds. The second-order valence-corrected chi connectivity index (χ2v) is 6.04. The monoisotopic (exact) mass is 297 g/mol. The average Bonchev–Trinajstić information content (AvgIpc) is 2.33. The highest BCUT2D eigenvalue weighted by molar-refractivity contribution is 7.97. The van der Waals surface area contributed by atoms with E-state index in [1.807, 2.05) is 6.07 Å². The van der Waals surface area contributed by atoms with Gasteiger partial charge in [-0.2, -0.15) is 0 Å². The zero-order valence-corrected chi connectivity index (χ0v) is 12.6. The lowest BCUT2D eigenvalue weighted by Gasteiger charge is -2.19. The minimum Gasteiger partial charge on any atom is -0.481 e. The Balaban J connectivity index is 2.49. The fourth-order valence-electron chi connectivity index (χ4n) is 1.48. The van der Waals surface area contributed by atoms with Crippen LogP contribution in [0, 0.1) is 0 Å². The van der Waals surface area contributed by atoms with Gasteiger partial charge in [0.25, 0.3) is 0 Å². The van der Waals surface area contributed by atoms with Crippen LogP contribution >= 0.6 is 11.9 Å². The quantitative estimate of drug-likeness (QED) is 0.817. The number of carboxylic acids is 1. The Morgan fingerprint density at radius 3 is 2.40 bits per heavy atom. The lowest BCUT2D eigenvalue weighted by molar-refractivity contribution is -0.138. The second kappa shape index (κ2) is 7.19. The summed E-state index contributed by atoms with van der Waals surface area (Å²) >= 11 is 1.03. The van der Waals surface area contributed by atoms with Crippen LogP contribution < -0.4 is 4.72 Å². The fraction of sp³-hybridized carbons (Fsp3) is 0.429. The van der Waals surface area contributed by atoms with Gasteiger partial charge in [0.1, 0.15) is 5.60 Å². The number of carbonyl (C=O) groups excluding carboxylic acids is 1. The molecular weight excluding hydrogens is 278 g/mol. The smallest absolute Gasteiger partial charge is 0.417 e. The molecule has 0 saturated carbocycles. The van der Waals surface area contributed by atoms with Crippen LogP contribution in [0.2, 0.25) is 0 Å². The van der Waals surface area contributed by atoms with Crippen molar-refractivity contribution in [1.82, 2.24) is 4.72 Å². The van der Waals surface area contributed by atoms with Gasteiger partial charge in [-0.05, 0) is 38.3 Å². The van der Waals surface area contributed by atoms with E-state index in [1.165, 1.54) is 0 Å². The lowest BCUT2D eigenvalue weighted by atomic mass is 10.0. The molecule has 0 fully saturated rings. The first-order valence-electron chi connectivity index (χ1n) is 6.18. The zero-order valence-electron chi connectivity index (χ0n) is 11.8. The number of carboxylic acid groups (broad SMARTS) is 1. The molecule has 0 bridgehead atoms. The standard InChI is InChI=1S/C14H19NO4S/c1-14(2,3)19-13(18)15-20-9-11(12(16)17)10-7-5-4-6-8-10/h4-8,11H,9H2,1-3H3,(H,15,18)(H,16,17). The van der Waals surface area contributed by atoms with E-state index in [4.69, 9.17) is 4.74 Å². The molecule has 6 heteroatoms. The Morgan fingerprint density at radius 1 is 1.30 bits per heavy atom. The molecule has 2 N–H and O–H groups in total. The highest BCUT2D eigenvalue weighted by Crippen LogP contribution is 2.20. The van der Waals surface area contributed by atoms with Gasteiger partial charge in [-0.1, -0.05) is 30.3 Å². The molecule has 1 aromatic rings. The van der Waals surface area contributed by atoms with Gasteiger partial charge in [-0.25, -0.2) is 4.79 Å². The van der Waals surface area contributed by atoms with Crippen LogP contribution in [0.15, 0.2) is 30.3 Å². The summed E-state index contributed by atoms with van der Waals surface area (Å²) in [5.74, 6) is -1.36. The Labute approximate surface area is 122 Å². The van der Waals surface area contributed by atoms with Crippen molar-refractivity contribution in [3.05, 3.63) is 35.9 Å². The minimum absolute atomic E-state index is 0.235. The summed E-state index contributed by atoms with van der Waals surface area (Å²) in [6.45, 7) is 5.30. The summed E-state index contributed by atoms with van der Waals surface area (Å²) in [6.07, 6.45) is -0.570. The molecule has 0 aliphatic heterocycles. The van der Waals surface area contributed by atoms with Crippen LogP contribution in [0.25, 0.3) is 0 Å². The maximum atomic E-state index is 11.4. The van der Waals surface area contributed by atoms with E-state index in [2.05, 4.69) is 4.72 Å². The highest BCUT2D eigenvalue weighted by Gasteiger charge is 2.21. The Hall–Kier alpha value is -1.69. The summed E-state index contributed by atoms with van der Waals surface area (Å²) in [7, 11) is 0. The van der Waals surface area contributed by atoms with E-state index in [1.54, 1.807) is 45.0 Å². The third kappa shape index (κ3) is 5.97. The van der Waals surface area contributed by atoms with Gasteiger partial charge in [-0.3, -0.25) is 9.52 Å². The van der Waals surface area contributed by atoms with E-state index in [9.17, 15) is 14.7 Å². The van der Waals surface area contributed by atoms with Gasteiger partial charge in [0.2, 0.25) is 0 Å². The molecular formula is C14H19NO4S. The SMILES string of the molecule is CC(C)(C)OC(=O)NSCC(C(=O)O)c1ccccc1. The van der Waals surface area contributed by atoms with Crippen molar-refractivity contribution in [2.24, 2.45) is 0 Å². The zero-order chi connectivity index (χ0) is 15.2. The summed E-state index contributed by atoms with van der Waals surface area (Å²) in [4.78, 5) is 22.7. The van der Waals surface area contributed by atoms with Crippen LogP contribution in [0.1, 0.15) is 32.3 Å². The fourth-order valence-corrected chi connectivity index (χ4v) is 2.22. The van der Waals surface area contributed by atoms with Crippen molar-refractivity contribution in [2.45, 2.75) is 32.3 Å². The third-order valence-electron chi connectivity index (χ3n) is 2.30. The molecule has 20 heavy (non-hydrogen) atoms. The predicted molar refractivity (Wildman–Crippen MR) is 78.6 cm³/mol. The number of benzene rings is 1. The van der Waals surface area contributed by atoms with Crippen molar-refractivity contribution in [2.75, 3.05) is 5.75 Å². The van der Waals surface area contributed by atoms with E-state index in [0.29, 0.717) is 5.56 Å². The van der Waals surface area contributed by atoms with Crippen molar-refractivity contribution in [3.63, 3.8) is 0 Å². The van der Waals surface area contributed by atoms with Gasteiger partial charge in [-0.15, -0.1) is 0 Å². The van der Waals surface area contributed by atoms with Crippen LogP contribution in [-0.4, -0.2) is 28.5 Å². The molecule has 0 aromatic heterocycles. The Kier molecular flexibility index (Phi) is 5.88. The maximum absolute atomic E-state index is 11.4. The second-order valence-electron chi connectivity index (χ2n) is 5.22. The normalized spacial score (nSPS) is 12.6. The van der Waals surface area contributed by atoms with E-state index in [-0.39, 0.29) is 5.75 Å². The Bertz CT molecular complexity index is 456. The maximum Gasteiger partial charge on any atom is 0.417 e. The number of amides is 1. The molecule has 110 valence electrons. The molecule has 0 radical (unpaired) electrons. The number of carbonyl (C=O) groups is 2. The van der Waals surface area contributed by atoms with Gasteiger partial charge < -0.3 is 9.84 Å². The number of rotatable bonds is 5. The predicted octanol–water partition coefficient (Wildman–Crippen LogP) is 3.03. The van der Waals surface area contributed by atoms with Crippen LogP contribution in [0.5, 0.6) is 0 Å². The van der Waals surface area contributed by atoms with Crippen LogP contribution in [-0.2, 0) is 9.53 Å². The first-order valence-corrected chi connectivity index (χ1v) is 7.16. The molecule has 0 aliphatic rings. The number of aliphatic carboxylic acids is 1. The molecule has 1 atom stereocenters. The molecule has 0 spiro atoms. The van der Waals surface area contributed by atoms with Crippen LogP contribution in [0.3, 0.4) is 0 Å². The largest absolute Gasteiger partial charge is 0.481 e. The van der Waals surface area contributed by atoms with E-state index in [0.717, 1.165) is 11.9 Å². The minimum atomic E-state index is -0.922. The first-order chi connectivity index (χ1) is 9.29. The summed E-state index contributed by atoms with van der Waals surface area (Å²) in [6, 6.07) is 8.92. The number of nitrogens with one attached hydrogen (secondary N) is 1. The van der Waals surface area contributed by atoms with Gasteiger partial charge in [0.15, 0.2) is 0 Å². The number of ether oxygens (including phenoxy) is 1. The summed E-state index contributed by atoms with van der Waals surface area (Å²) < 4.78 is 7.55. The first kappa shape index (κ1) is 16.4. The summed E-state index contributed by atoms with van der Waals surface area (Å²) in [5, 5.41) is 9.22. The van der Waals surface area contributed by atoms with E-state index < -0.39 is 23.6 Å². The van der Waals surface area contributed by atoms with Crippen LogP contribution in [0.4, 0.5) is 4.79 Å². The van der Waals surface area contributed by atoms with Crippen molar-refractivity contribution in [1.29, 1.82) is 0 Å². The molecule has 1 rings (SSSR count). The lowest BCUT2D eigenvalue weighted by Crippen LogP contribution is -2.30. The molecule has 5 nitrogen and oxygen atoms in total. The number of hydrogen-bond donors (Lipinski definition) is 2. The molecule has 1 unspecified atom stereocenters. The summed E-state index contributed by atoms with van der Waals surface area (Å²) in [5.41, 5.74) is 0.134. The van der Waals surface area contributed by atoms with Crippen molar-refractivity contribution >= 4 is 24.0 Å². The number of hydrogen-bond acceptors (Lipinski definition) is 4. The molecule has 0 heterocycles. The topological polar surface area (TPSA) is 75.6 Å². The van der Waals surface area contributed by atoms with Gasteiger partial charge >= 0.3 is 12.1 Å². The Morgan fingerprint density at radius 2 is 1.90 bits per heavy atom. The van der Waals surface area contributed by atoms with Crippen molar-refractivity contribution in [3.8, 4) is 0 Å². The van der Waals surface area contributed by atoms with Gasteiger partial charge in [0, 0.05) is 5.75 Å².